The molecule has 1 fully saturated rings. The summed E-state index contributed by atoms with van der Waals surface area (Å²) in [5.41, 5.74) is 1.47. The second-order valence-corrected chi connectivity index (χ2v) is 8.70. The maximum Gasteiger partial charge on any atom is 0.256 e. The molecule has 0 unspecified atom stereocenters. The van der Waals surface area contributed by atoms with Crippen molar-refractivity contribution in [1.82, 2.24) is 15.1 Å². The fourth-order valence-corrected chi connectivity index (χ4v) is 4.84. The molecular weight excluding hydrogens is 369 g/mol. The Morgan fingerprint density at radius 3 is 2.68 bits per heavy atom. The van der Waals surface area contributed by atoms with E-state index in [1.165, 1.54) is 16.8 Å². The van der Waals surface area contributed by atoms with Gasteiger partial charge in [-0.2, -0.15) is 5.10 Å². The van der Waals surface area contributed by atoms with Crippen LogP contribution in [0.4, 0.5) is 4.39 Å². The summed E-state index contributed by atoms with van der Waals surface area (Å²) in [7, 11) is -3.08. The molecule has 0 saturated carbocycles. The first-order chi connectivity index (χ1) is 11.7. The van der Waals surface area contributed by atoms with Crippen molar-refractivity contribution in [2.75, 3.05) is 11.5 Å². The summed E-state index contributed by atoms with van der Waals surface area (Å²) in [4.78, 5) is 12.5. The minimum Gasteiger partial charge on any atom is -0.348 e. The smallest absolute Gasteiger partial charge is 0.256 e. The molecule has 9 heteroatoms. The third-order valence-electron chi connectivity index (χ3n) is 4.11. The number of nitrogens with one attached hydrogen (secondary N) is 1. The van der Waals surface area contributed by atoms with Crippen LogP contribution in [0, 0.1) is 12.7 Å². The number of rotatable bonds is 4. The highest BCUT2D eigenvalue weighted by Gasteiger charge is 2.30. The Kier molecular flexibility index (Phi) is 4.83. The lowest BCUT2D eigenvalue weighted by Gasteiger charge is -2.10. The molecule has 0 aliphatic carbocycles. The van der Waals surface area contributed by atoms with Gasteiger partial charge in [0.15, 0.2) is 9.84 Å². The van der Waals surface area contributed by atoms with Crippen molar-refractivity contribution >= 4 is 27.3 Å². The molecule has 25 heavy (non-hydrogen) atoms. The second-order valence-electron chi connectivity index (χ2n) is 6.11. The summed E-state index contributed by atoms with van der Waals surface area (Å²) in [6.07, 6.45) is 0.397. The van der Waals surface area contributed by atoms with Crippen LogP contribution < -0.4 is 5.32 Å². The number of carbonyl (C=O) groups is 1. The quantitative estimate of drug-likeness (QED) is 0.872. The van der Waals surface area contributed by atoms with Gasteiger partial charge in [0, 0.05) is 6.04 Å². The fourth-order valence-electron chi connectivity index (χ4n) is 2.85. The number of sulfone groups is 1. The zero-order chi connectivity index (χ0) is 18.2. The third-order valence-corrected chi connectivity index (χ3v) is 6.26. The minimum absolute atomic E-state index is 0.0564. The first kappa shape index (κ1) is 17.9. The Bertz CT molecular complexity index is 909. The summed E-state index contributed by atoms with van der Waals surface area (Å²) in [6, 6.07) is 5.51. The number of halogens is 2. The standard InChI is InChI=1S/C16H17ClFN3O3S/c1-10-14(16(22)19-13-6-7-25(23,24)9-13)15(17)21(20-10)8-11-2-4-12(18)5-3-11/h2-5,13H,6-9H2,1H3,(H,19,22)/t13-/m0/s1. The molecule has 1 aromatic carbocycles. The summed E-state index contributed by atoms with van der Waals surface area (Å²) in [5.74, 6) is -0.749. The van der Waals surface area contributed by atoms with Crippen LogP contribution >= 0.6 is 11.6 Å². The Morgan fingerprint density at radius 2 is 2.08 bits per heavy atom. The Balaban J connectivity index is 1.77. The average Bonchev–Trinajstić information content (AvgIpc) is 3.00. The summed E-state index contributed by atoms with van der Waals surface area (Å²) in [5, 5.41) is 7.14. The Hall–Kier alpha value is -1.93. The molecule has 1 N–H and O–H groups in total. The zero-order valence-corrected chi connectivity index (χ0v) is 15.1. The molecule has 1 amide bonds. The molecule has 0 radical (unpaired) electrons. The van der Waals surface area contributed by atoms with Gasteiger partial charge in [-0.05, 0) is 31.0 Å². The number of hydrogen-bond acceptors (Lipinski definition) is 4. The maximum atomic E-state index is 13.0. The molecule has 1 aliphatic heterocycles. The van der Waals surface area contributed by atoms with Crippen LogP contribution in [0.2, 0.25) is 5.15 Å². The van der Waals surface area contributed by atoms with Crippen LogP contribution in [-0.4, -0.2) is 41.7 Å². The first-order valence-corrected chi connectivity index (χ1v) is 9.94. The van der Waals surface area contributed by atoms with Crippen molar-refractivity contribution in [2.45, 2.75) is 25.9 Å². The normalized spacial score (nSPS) is 19.1. The molecule has 1 aromatic heterocycles. The van der Waals surface area contributed by atoms with E-state index in [0.717, 1.165) is 5.56 Å². The highest BCUT2D eigenvalue weighted by atomic mass is 35.5. The van der Waals surface area contributed by atoms with E-state index in [1.54, 1.807) is 19.1 Å². The second kappa shape index (κ2) is 6.76. The largest absolute Gasteiger partial charge is 0.348 e. The van der Waals surface area contributed by atoms with Gasteiger partial charge in [0.25, 0.3) is 5.91 Å². The van der Waals surface area contributed by atoms with Crippen LogP contribution in [0.5, 0.6) is 0 Å². The van der Waals surface area contributed by atoms with E-state index in [2.05, 4.69) is 10.4 Å². The molecule has 0 spiro atoms. The third kappa shape index (κ3) is 4.01. The topological polar surface area (TPSA) is 81.1 Å². The number of amides is 1. The predicted molar refractivity (Wildman–Crippen MR) is 92.0 cm³/mol. The van der Waals surface area contributed by atoms with Gasteiger partial charge in [-0.1, -0.05) is 23.7 Å². The molecule has 134 valence electrons. The summed E-state index contributed by atoms with van der Waals surface area (Å²) in [6.45, 7) is 1.96. The SMILES string of the molecule is Cc1nn(Cc2ccc(F)cc2)c(Cl)c1C(=O)N[C@H]1CCS(=O)(=O)C1. The van der Waals surface area contributed by atoms with Crippen LogP contribution in [0.25, 0.3) is 0 Å². The van der Waals surface area contributed by atoms with E-state index >= 15 is 0 Å². The number of nitrogens with zero attached hydrogens (tertiary/aromatic N) is 2. The van der Waals surface area contributed by atoms with Gasteiger partial charge in [-0.25, -0.2) is 17.5 Å². The lowest BCUT2D eigenvalue weighted by atomic mass is 10.2. The summed E-state index contributed by atoms with van der Waals surface area (Å²) >= 11 is 6.29. The lowest BCUT2D eigenvalue weighted by molar-refractivity contribution is 0.0940. The minimum atomic E-state index is -3.08. The average molecular weight is 386 g/mol. The van der Waals surface area contributed by atoms with E-state index < -0.39 is 21.8 Å². The monoisotopic (exact) mass is 385 g/mol. The van der Waals surface area contributed by atoms with Crippen LogP contribution in [0.3, 0.4) is 0 Å². The van der Waals surface area contributed by atoms with Crippen LogP contribution in [0.1, 0.15) is 28.0 Å². The van der Waals surface area contributed by atoms with Gasteiger partial charge < -0.3 is 5.32 Å². The van der Waals surface area contributed by atoms with E-state index in [-0.39, 0.29) is 28.0 Å². The molecule has 6 nitrogen and oxygen atoms in total. The van der Waals surface area contributed by atoms with E-state index in [9.17, 15) is 17.6 Å². The van der Waals surface area contributed by atoms with Gasteiger partial charge in [0.05, 0.1) is 29.3 Å². The zero-order valence-electron chi connectivity index (χ0n) is 13.5. The van der Waals surface area contributed by atoms with Crippen molar-refractivity contribution in [2.24, 2.45) is 0 Å². The van der Waals surface area contributed by atoms with Gasteiger partial charge >= 0.3 is 0 Å². The molecule has 2 heterocycles. The van der Waals surface area contributed by atoms with E-state index in [1.807, 2.05) is 0 Å². The van der Waals surface area contributed by atoms with Crippen LogP contribution in [0.15, 0.2) is 24.3 Å². The van der Waals surface area contributed by atoms with Crippen molar-refractivity contribution in [1.29, 1.82) is 0 Å². The predicted octanol–water partition coefficient (Wildman–Crippen LogP) is 1.95. The maximum absolute atomic E-state index is 13.0. The molecule has 2 aromatic rings. The van der Waals surface area contributed by atoms with Gasteiger partial charge in [-0.15, -0.1) is 0 Å². The molecule has 0 bridgehead atoms. The van der Waals surface area contributed by atoms with Crippen LogP contribution in [-0.2, 0) is 16.4 Å². The number of hydrogen-bond donors (Lipinski definition) is 1. The lowest BCUT2D eigenvalue weighted by Crippen LogP contribution is -2.35. The fraction of sp³-hybridized carbons (Fsp3) is 0.375. The molecule has 1 saturated heterocycles. The number of carbonyl (C=O) groups excluding carboxylic acids is 1. The first-order valence-electron chi connectivity index (χ1n) is 7.74. The van der Waals surface area contributed by atoms with Gasteiger partial charge in [0.1, 0.15) is 11.0 Å². The van der Waals surface area contributed by atoms with E-state index in [4.69, 9.17) is 11.6 Å². The molecule has 1 atom stereocenters. The van der Waals surface area contributed by atoms with Crippen molar-refractivity contribution in [3.05, 3.63) is 52.1 Å². The van der Waals surface area contributed by atoms with Crippen molar-refractivity contribution in [3.63, 3.8) is 0 Å². The number of benzene rings is 1. The number of aryl methyl sites for hydroxylation is 1. The Morgan fingerprint density at radius 1 is 1.40 bits per heavy atom. The Labute approximate surface area is 149 Å². The molecule has 1 aliphatic rings. The van der Waals surface area contributed by atoms with Gasteiger partial charge in [0.2, 0.25) is 0 Å². The summed E-state index contributed by atoms with van der Waals surface area (Å²) < 4.78 is 37.5. The highest BCUT2D eigenvalue weighted by molar-refractivity contribution is 7.91. The van der Waals surface area contributed by atoms with Crippen molar-refractivity contribution < 1.29 is 17.6 Å². The molecule has 3 rings (SSSR count). The molecular formula is C16H17ClFN3O3S. The van der Waals surface area contributed by atoms with Gasteiger partial charge in [-0.3, -0.25) is 4.79 Å². The van der Waals surface area contributed by atoms with Crippen molar-refractivity contribution in [3.8, 4) is 0 Å². The number of aromatic nitrogens is 2. The van der Waals surface area contributed by atoms with E-state index in [0.29, 0.717) is 18.7 Å². The highest BCUT2D eigenvalue weighted by Crippen LogP contribution is 2.22.